The Morgan fingerprint density at radius 2 is 1.80 bits per heavy atom. The summed E-state index contributed by atoms with van der Waals surface area (Å²) < 4.78 is 0. The maximum absolute atomic E-state index is 8.87. The smallest absolute Gasteiger partial charge is 0.146 e. The van der Waals surface area contributed by atoms with E-state index in [2.05, 4.69) is 10.2 Å². The third-order valence-electron chi connectivity index (χ3n) is 1.71. The Kier molecular flexibility index (Phi) is 1.79. The Bertz CT molecular complexity index is 192. The van der Waals surface area contributed by atoms with Gasteiger partial charge in [0.05, 0.1) is 18.0 Å². The van der Waals surface area contributed by atoms with E-state index in [4.69, 9.17) is 16.7 Å². The number of alkyl halides is 1. The molecule has 0 saturated carbocycles. The molecule has 0 amide bonds. The van der Waals surface area contributed by atoms with Gasteiger partial charge in [-0.2, -0.15) is 10.2 Å². The summed E-state index contributed by atoms with van der Waals surface area (Å²) >= 11 is 5.94. The van der Waals surface area contributed by atoms with Gasteiger partial charge in [-0.15, -0.1) is 11.6 Å². The van der Waals surface area contributed by atoms with Gasteiger partial charge in [0, 0.05) is 0 Å². The monoisotopic (exact) mass is 160 g/mol. The van der Waals surface area contributed by atoms with Gasteiger partial charge in [-0.05, 0) is 13.8 Å². The highest BCUT2D eigenvalue weighted by Crippen LogP contribution is 2.23. The fraction of sp³-hybridized carbons (Fsp3) is 0.667. The van der Waals surface area contributed by atoms with Crippen molar-refractivity contribution in [2.45, 2.75) is 18.7 Å². The summed E-state index contributed by atoms with van der Waals surface area (Å²) in [5, 5.41) is 16.4. The zero-order valence-corrected chi connectivity index (χ0v) is 6.68. The van der Waals surface area contributed by atoms with E-state index in [-0.39, 0.29) is 6.61 Å². The maximum Gasteiger partial charge on any atom is 0.146 e. The molecule has 4 heteroatoms. The molecule has 0 aliphatic carbocycles. The fourth-order valence-corrected chi connectivity index (χ4v) is 0.875. The molecule has 0 spiro atoms. The molecular weight excluding hydrogens is 152 g/mol. The van der Waals surface area contributed by atoms with Crippen LogP contribution in [0.1, 0.15) is 13.8 Å². The van der Waals surface area contributed by atoms with E-state index in [0.717, 1.165) is 0 Å². The van der Waals surface area contributed by atoms with Crippen LogP contribution in [0.25, 0.3) is 0 Å². The Balaban J connectivity index is 2.95. The van der Waals surface area contributed by atoms with E-state index in [1.54, 1.807) is 13.8 Å². The lowest BCUT2D eigenvalue weighted by atomic mass is 10.0. The molecule has 0 atom stereocenters. The van der Waals surface area contributed by atoms with Gasteiger partial charge in [-0.25, -0.2) is 0 Å². The summed E-state index contributed by atoms with van der Waals surface area (Å²) in [6, 6.07) is 0. The van der Waals surface area contributed by atoms with E-state index in [1.807, 2.05) is 0 Å². The number of halogens is 1. The first kappa shape index (κ1) is 7.69. The van der Waals surface area contributed by atoms with Crippen LogP contribution in [0.15, 0.2) is 10.2 Å². The fourth-order valence-electron chi connectivity index (χ4n) is 0.799. The molecule has 0 aromatic heterocycles. The molecule has 3 nitrogen and oxygen atoms in total. The summed E-state index contributed by atoms with van der Waals surface area (Å²) in [6.07, 6.45) is 0. The number of nitrogens with zero attached hydrogens (tertiary/aromatic N) is 2. The topological polar surface area (TPSA) is 45.0 Å². The van der Waals surface area contributed by atoms with Gasteiger partial charge >= 0.3 is 0 Å². The van der Waals surface area contributed by atoms with Crippen molar-refractivity contribution in [1.29, 1.82) is 0 Å². The summed E-state index contributed by atoms with van der Waals surface area (Å²) in [5.74, 6) is 0. The number of aliphatic hydroxyl groups is 1. The van der Waals surface area contributed by atoms with Crippen LogP contribution in [0.2, 0.25) is 0 Å². The van der Waals surface area contributed by atoms with Gasteiger partial charge in [-0.1, -0.05) is 0 Å². The Morgan fingerprint density at radius 3 is 2.00 bits per heavy atom. The van der Waals surface area contributed by atoms with Crippen molar-refractivity contribution in [3.8, 4) is 0 Å². The lowest BCUT2D eigenvalue weighted by molar-refractivity contribution is 0.296. The van der Waals surface area contributed by atoms with Crippen LogP contribution >= 0.6 is 11.6 Å². The molecule has 1 aliphatic rings. The number of aliphatic hydroxyl groups excluding tert-OH is 1. The van der Waals surface area contributed by atoms with Gasteiger partial charge in [-0.3, -0.25) is 0 Å². The van der Waals surface area contributed by atoms with Crippen LogP contribution < -0.4 is 0 Å². The van der Waals surface area contributed by atoms with Gasteiger partial charge in [0.1, 0.15) is 4.87 Å². The van der Waals surface area contributed by atoms with Crippen LogP contribution in [0.5, 0.6) is 0 Å². The summed E-state index contributed by atoms with van der Waals surface area (Å²) in [4.78, 5) is -0.819. The minimum absolute atomic E-state index is 0.140. The van der Waals surface area contributed by atoms with E-state index in [1.165, 1.54) is 0 Å². The Morgan fingerprint density at radius 1 is 1.40 bits per heavy atom. The minimum atomic E-state index is -0.819. The number of hydrogen-bond donors (Lipinski definition) is 1. The third-order valence-corrected chi connectivity index (χ3v) is 2.38. The minimum Gasteiger partial charge on any atom is -0.394 e. The second kappa shape index (κ2) is 2.32. The highest BCUT2D eigenvalue weighted by molar-refractivity contribution is 6.49. The first-order chi connectivity index (χ1) is 4.61. The van der Waals surface area contributed by atoms with E-state index in [9.17, 15) is 0 Å². The molecule has 0 radical (unpaired) electrons. The molecule has 0 fully saturated rings. The van der Waals surface area contributed by atoms with Gasteiger partial charge in [0.2, 0.25) is 0 Å². The summed E-state index contributed by atoms with van der Waals surface area (Å²) in [6.45, 7) is 3.37. The van der Waals surface area contributed by atoms with Crippen molar-refractivity contribution < 1.29 is 5.11 Å². The summed E-state index contributed by atoms with van der Waals surface area (Å²) in [5.41, 5.74) is 1.32. The molecule has 1 rings (SSSR count). The molecule has 0 aromatic carbocycles. The van der Waals surface area contributed by atoms with Crippen molar-refractivity contribution >= 4 is 23.0 Å². The second-order valence-corrected chi connectivity index (χ2v) is 2.98. The highest BCUT2D eigenvalue weighted by atomic mass is 35.5. The lowest BCUT2D eigenvalue weighted by Crippen LogP contribution is -2.39. The third kappa shape index (κ3) is 0.859. The largest absolute Gasteiger partial charge is 0.394 e. The van der Waals surface area contributed by atoms with Crippen LogP contribution in [0.4, 0.5) is 0 Å². The standard InChI is InChI=1S/C6H9ClN2O/c1-4-6(7,3-10)5(2)9-8-4/h10H,3H2,1-2H3. The summed E-state index contributed by atoms with van der Waals surface area (Å²) in [7, 11) is 0. The average molecular weight is 161 g/mol. The maximum atomic E-state index is 8.87. The zero-order valence-electron chi connectivity index (χ0n) is 5.93. The van der Waals surface area contributed by atoms with Crippen LogP contribution in [0.3, 0.4) is 0 Å². The molecule has 1 aliphatic heterocycles. The van der Waals surface area contributed by atoms with Crippen molar-refractivity contribution in [3.63, 3.8) is 0 Å². The molecule has 56 valence electrons. The SMILES string of the molecule is CC1=NN=C(C)C1(Cl)CO. The second-order valence-electron chi connectivity index (χ2n) is 2.33. The zero-order chi connectivity index (χ0) is 7.78. The Labute approximate surface area is 64.4 Å². The van der Waals surface area contributed by atoms with Crippen molar-refractivity contribution in [1.82, 2.24) is 0 Å². The first-order valence-corrected chi connectivity index (χ1v) is 3.38. The quantitative estimate of drug-likeness (QED) is 0.567. The van der Waals surface area contributed by atoms with E-state index in [0.29, 0.717) is 11.4 Å². The predicted octanol–water partition coefficient (Wildman–Crippen LogP) is 0.807. The van der Waals surface area contributed by atoms with Crippen molar-refractivity contribution in [2.24, 2.45) is 10.2 Å². The average Bonchev–Trinajstić information content (AvgIpc) is 2.18. The number of hydrogen-bond acceptors (Lipinski definition) is 3. The molecule has 1 heterocycles. The molecule has 0 aromatic rings. The van der Waals surface area contributed by atoms with E-state index < -0.39 is 4.87 Å². The normalized spacial score (nSPS) is 22.4. The molecule has 0 bridgehead atoms. The van der Waals surface area contributed by atoms with Crippen molar-refractivity contribution in [2.75, 3.05) is 6.61 Å². The molecule has 0 unspecified atom stereocenters. The molecule has 0 saturated heterocycles. The lowest BCUT2D eigenvalue weighted by Gasteiger charge is -2.17. The van der Waals surface area contributed by atoms with E-state index >= 15 is 0 Å². The number of rotatable bonds is 1. The van der Waals surface area contributed by atoms with Gasteiger partial charge < -0.3 is 5.11 Å². The van der Waals surface area contributed by atoms with Gasteiger partial charge in [0.15, 0.2) is 0 Å². The molecule has 1 N–H and O–H groups in total. The van der Waals surface area contributed by atoms with Crippen molar-refractivity contribution in [3.05, 3.63) is 0 Å². The first-order valence-electron chi connectivity index (χ1n) is 3.01. The molecular formula is C6H9ClN2O. The van der Waals surface area contributed by atoms with Crippen LogP contribution in [-0.4, -0.2) is 28.0 Å². The van der Waals surface area contributed by atoms with Gasteiger partial charge in [0.25, 0.3) is 0 Å². The molecule has 10 heavy (non-hydrogen) atoms. The predicted molar refractivity (Wildman–Crippen MR) is 41.9 cm³/mol. The Hall–Kier alpha value is -0.410. The highest BCUT2D eigenvalue weighted by Gasteiger charge is 2.37. The van der Waals surface area contributed by atoms with Crippen LogP contribution in [0, 0.1) is 0 Å². The van der Waals surface area contributed by atoms with Crippen LogP contribution in [-0.2, 0) is 0 Å².